The van der Waals surface area contributed by atoms with Crippen LogP contribution in [0.1, 0.15) is 13.3 Å². The summed E-state index contributed by atoms with van der Waals surface area (Å²) in [4.78, 5) is 2.51. The van der Waals surface area contributed by atoms with Crippen LogP contribution in [0.4, 0.5) is 5.69 Å². The van der Waals surface area contributed by atoms with Gasteiger partial charge in [-0.2, -0.15) is 0 Å². The number of rotatable bonds is 3. The van der Waals surface area contributed by atoms with Crippen LogP contribution in [0.5, 0.6) is 5.75 Å². The number of hydrogen-bond acceptors (Lipinski definition) is 3. The zero-order valence-corrected chi connectivity index (χ0v) is 9.65. The van der Waals surface area contributed by atoms with E-state index in [1.54, 1.807) is 0 Å². The Morgan fingerprint density at radius 3 is 2.75 bits per heavy atom. The predicted molar refractivity (Wildman–Crippen MR) is 65.2 cm³/mol. The molecule has 1 aromatic carbocycles. The molecule has 2 heterocycles. The second kappa shape index (κ2) is 3.98. The first-order valence-electron chi connectivity index (χ1n) is 6.09. The quantitative estimate of drug-likeness (QED) is 0.834. The van der Waals surface area contributed by atoms with Crippen LogP contribution in [0.25, 0.3) is 0 Å². The molecule has 3 rings (SSSR count). The molecule has 0 spiro atoms. The summed E-state index contributed by atoms with van der Waals surface area (Å²) in [6.45, 7) is 5.03. The fourth-order valence-electron chi connectivity index (χ4n) is 2.78. The Labute approximate surface area is 96.4 Å². The second-order valence-corrected chi connectivity index (χ2v) is 4.57. The van der Waals surface area contributed by atoms with Crippen molar-refractivity contribution in [1.29, 1.82) is 0 Å². The number of benzene rings is 1. The van der Waals surface area contributed by atoms with E-state index in [1.807, 2.05) is 6.92 Å². The number of fused-ring (bicyclic) bond motifs is 2. The maximum Gasteiger partial charge on any atom is 0.119 e. The molecule has 0 amide bonds. The van der Waals surface area contributed by atoms with Gasteiger partial charge in [-0.05, 0) is 37.6 Å². The summed E-state index contributed by atoms with van der Waals surface area (Å²) in [6, 6.07) is 9.88. The monoisotopic (exact) mass is 218 g/mol. The smallest absolute Gasteiger partial charge is 0.119 e. The lowest BCUT2D eigenvalue weighted by molar-refractivity contribution is 0.340. The van der Waals surface area contributed by atoms with Gasteiger partial charge < -0.3 is 15.0 Å². The minimum absolute atomic E-state index is 0.697. The molecule has 2 atom stereocenters. The first-order chi connectivity index (χ1) is 7.86. The van der Waals surface area contributed by atoms with Gasteiger partial charge in [-0.1, -0.05) is 0 Å². The van der Waals surface area contributed by atoms with Gasteiger partial charge >= 0.3 is 0 Å². The van der Waals surface area contributed by atoms with E-state index in [-0.39, 0.29) is 0 Å². The first-order valence-corrected chi connectivity index (χ1v) is 6.09. The second-order valence-electron chi connectivity index (χ2n) is 4.57. The van der Waals surface area contributed by atoms with E-state index >= 15 is 0 Å². The van der Waals surface area contributed by atoms with E-state index in [0.717, 1.165) is 25.4 Å². The number of nitrogens with one attached hydrogen (secondary N) is 1. The van der Waals surface area contributed by atoms with Gasteiger partial charge in [0.1, 0.15) is 5.75 Å². The van der Waals surface area contributed by atoms with Gasteiger partial charge in [0.15, 0.2) is 0 Å². The van der Waals surface area contributed by atoms with Gasteiger partial charge in [-0.15, -0.1) is 0 Å². The van der Waals surface area contributed by atoms with Crippen LogP contribution in [0.2, 0.25) is 0 Å². The summed E-state index contributed by atoms with van der Waals surface area (Å²) in [5.41, 5.74) is 1.33. The molecule has 86 valence electrons. The summed E-state index contributed by atoms with van der Waals surface area (Å²) in [6.07, 6.45) is 1.30. The molecular formula is C13H18N2O. The van der Waals surface area contributed by atoms with E-state index in [9.17, 15) is 0 Å². The van der Waals surface area contributed by atoms with E-state index < -0.39 is 0 Å². The van der Waals surface area contributed by atoms with E-state index in [1.165, 1.54) is 12.1 Å². The van der Waals surface area contributed by atoms with Gasteiger partial charge in [0, 0.05) is 30.9 Å². The average molecular weight is 218 g/mol. The van der Waals surface area contributed by atoms with Crippen molar-refractivity contribution >= 4 is 5.69 Å². The number of anilines is 1. The Hall–Kier alpha value is -1.22. The van der Waals surface area contributed by atoms with Crippen LogP contribution in [0.15, 0.2) is 24.3 Å². The molecule has 0 saturated carbocycles. The van der Waals surface area contributed by atoms with Crippen molar-refractivity contribution in [2.24, 2.45) is 0 Å². The normalized spacial score (nSPS) is 27.4. The van der Waals surface area contributed by atoms with Crippen LogP contribution >= 0.6 is 0 Å². The van der Waals surface area contributed by atoms with Gasteiger partial charge in [-0.3, -0.25) is 0 Å². The Morgan fingerprint density at radius 2 is 2.19 bits per heavy atom. The summed E-state index contributed by atoms with van der Waals surface area (Å²) in [5.74, 6) is 0.966. The maximum absolute atomic E-state index is 5.45. The van der Waals surface area contributed by atoms with Crippen molar-refractivity contribution in [2.75, 3.05) is 24.6 Å². The lowest BCUT2D eigenvalue weighted by Gasteiger charge is -2.29. The van der Waals surface area contributed by atoms with E-state index in [0.29, 0.717) is 12.1 Å². The minimum atomic E-state index is 0.697. The van der Waals surface area contributed by atoms with Crippen LogP contribution in [-0.2, 0) is 0 Å². The summed E-state index contributed by atoms with van der Waals surface area (Å²) >= 11 is 0. The van der Waals surface area contributed by atoms with Crippen molar-refractivity contribution in [3.8, 4) is 5.75 Å². The fourth-order valence-corrected chi connectivity index (χ4v) is 2.78. The number of ether oxygens (including phenoxy) is 1. The van der Waals surface area contributed by atoms with Crippen molar-refractivity contribution in [2.45, 2.75) is 25.4 Å². The number of nitrogens with zero attached hydrogens (tertiary/aromatic N) is 1. The molecule has 2 aliphatic heterocycles. The lowest BCUT2D eigenvalue weighted by Crippen LogP contribution is -2.43. The van der Waals surface area contributed by atoms with Crippen LogP contribution < -0.4 is 15.0 Å². The molecule has 0 aliphatic carbocycles. The number of piperazine rings is 1. The molecule has 1 N–H and O–H groups in total. The number of hydrogen-bond donors (Lipinski definition) is 1. The topological polar surface area (TPSA) is 24.5 Å². The highest BCUT2D eigenvalue weighted by Gasteiger charge is 2.37. The third-order valence-electron chi connectivity index (χ3n) is 3.54. The van der Waals surface area contributed by atoms with Gasteiger partial charge in [0.25, 0.3) is 0 Å². The molecule has 3 nitrogen and oxygen atoms in total. The predicted octanol–water partition coefficient (Wildman–Crippen LogP) is 1.64. The molecule has 0 unspecified atom stereocenters. The third kappa shape index (κ3) is 1.65. The van der Waals surface area contributed by atoms with E-state index in [2.05, 4.69) is 34.5 Å². The Bertz CT molecular complexity index is 363. The van der Waals surface area contributed by atoms with E-state index in [4.69, 9.17) is 4.74 Å². The minimum Gasteiger partial charge on any atom is -0.494 e. The van der Waals surface area contributed by atoms with Crippen LogP contribution in [0.3, 0.4) is 0 Å². The molecule has 0 aromatic heterocycles. The molecule has 0 radical (unpaired) electrons. The Morgan fingerprint density at radius 1 is 1.38 bits per heavy atom. The molecule has 2 saturated heterocycles. The van der Waals surface area contributed by atoms with Crippen molar-refractivity contribution in [1.82, 2.24) is 5.32 Å². The average Bonchev–Trinajstić information content (AvgIpc) is 2.92. The van der Waals surface area contributed by atoms with Crippen LogP contribution in [-0.4, -0.2) is 31.8 Å². The molecule has 3 heteroatoms. The standard InChI is InChI=1S/C13H18N2O/c1-2-16-13-5-3-11(4-6-13)15-9-10-7-12(15)8-14-10/h3-6,10,12,14H,2,7-9H2,1H3/t10-,12-/m0/s1. The highest BCUT2D eigenvalue weighted by molar-refractivity contribution is 5.52. The van der Waals surface area contributed by atoms with Gasteiger partial charge in [0.05, 0.1) is 6.61 Å². The Balaban J connectivity index is 1.75. The SMILES string of the molecule is CCOc1ccc(N2C[C@@H]3C[C@H]2CN3)cc1. The molecular weight excluding hydrogens is 200 g/mol. The van der Waals surface area contributed by atoms with Crippen molar-refractivity contribution in [3.63, 3.8) is 0 Å². The highest BCUT2D eigenvalue weighted by atomic mass is 16.5. The molecule has 2 aliphatic rings. The fraction of sp³-hybridized carbons (Fsp3) is 0.538. The lowest BCUT2D eigenvalue weighted by atomic mass is 10.2. The Kier molecular flexibility index (Phi) is 2.48. The van der Waals surface area contributed by atoms with Gasteiger partial charge in [-0.25, -0.2) is 0 Å². The molecule has 2 fully saturated rings. The summed E-state index contributed by atoms with van der Waals surface area (Å²) < 4.78 is 5.45. The van der Waals surface area contributed by atoms with Gasteiger partial charge in [0.2, 0.25) is 0 Å². The summed E-state index contributed by atoms with van der Waals surface area (Å²) in [5, 5.41) is 3.52. The largest absolute Gasteiger partial charge is 0.494 e. The first kappa shape index (κ1) is 9.97. The van der Waals surface area contributed by atoms with Crippen LogP contribution in [0, 0.1) is 0 Å². The molecule has 16 heavy (non-hydrogen) atoms. The van der Waals surface area contributed by atoms with Crippen molar-refractivity contribution < 1.29 is 4.74 Å². The summed E-state index contributed by atoms with van der Waals surface area (Å²) in [7, 11) is 0. The molecule has 2 bridgehead atoms. The highest BCUT2D eigenvalue weighted by Crippen LogP contribution is 2.30. The molecule has 1 aromatic rings. The zero-order valence-electron chi connectivity index (χ0n) is 9.65. The van der Waals surface area contributed by atoms with Crippen molar-refractivity contribution in [3.05, 3.63) is 24.3 Å². The third-order valence-corrected chi connectivity index (χ3v) is 3.54. The zero-order chi connectivity index (χ0) is 11.0. The maximum atomic E-state index is 5.45.